The third kappa shape index (κ3) is 2.10. The summed E-state index contributed by atoms with van der Waals surface area (Å²) in [4.78, 5) is 12.2. The average Bonchev–Trinajstić information content (AvgIpc) is 2.33. The summed E-state index contributed by atoms with van der Waals surface area (Å²) in [6, 6.07) is 14.6. The molecule has 1 aliphatic carbocycles. The molecule has 0 aliphatic heterocycles. The predicted octanol–water partition coefficient (Wildman–Crippen LogP) is 3.80. The van der Waals surface area contributed by atoms with Gasteiger partial charge in [-0.3, -0.25) is 4.79 Å². The van der Waals surface area contributed by atoms with Crippen molar-refractivity contribution in [1.82, 2.24) is 0 Å². The number of aliphatic carboxylic acids is 1. The minimum Gasteiger partial charge on any atom is -0.481 e. The largest absolute Gasteiger partial charge is 0.481 e. The van der Waals surface area contributed by atoms with Crippen LogP contribution in [0.5, 0.6) is 0 Å². The molecule has 2 atom stereocenters. The molecule has 0 amide bonds. The molecule has 1 N–H and O–H groups in total. The Morgan fingerprint density at radius 1 is 1.11 bits per heavy atom. The first-order valence-electron chi connectivity index (χ1n) is 6.12. The van der Waals surface area contributed by atoms with Gasteiger partial charge in [-0.1, -0.05) is 30.3 Å². The van der Waals surface area contributed by atoms with Gasteiger partial charge in [-0.15, -0.1) is 11.8 Å². The number of hydrogen-bond acceptors (Lipinski definition) is 2. The van der Waals surface area contributed by atoms with Crippen molar-refractivity contribution >= 4 is 28.5 Å². The van der Waals surface area contributed by atoms with Crippen LogP contribution in [0.15, 0.2) is 47.4 Å². The molecular weight excluding hydrogens is 244 g/mol. The van der Waals surface area contributed by atoms with Crippen LogP contribution in [-0.4, -0.2) is 16.3 Å². The molecule has 3 rings (SSSR count). The number of fused-ring (bicyclic) bond motifs is 1. The molecule has 0 spiro atoms. The van der Waals surface area contributed by atoms with Crippen molar-refractivity contribution in [1.29, 1.82) is 0 Å². The van der Waals surface area contributed by atoms with E-state index in [4.69, 9.17) is 5.11 Å². The molecule has 92 valence electrons. The zero-order valence-corrected chi connectivity index (χ0v) is 10.7. The van der Waals surface area contributed by atoms with Crippen LogP contribution in [0, 0.1) is 5.92 Å². The highest BCUT2D eigenvalue weighted by Crippen LogP contribution is 2.41. The zero-order valence-electron chi connectivity index (χ0n) is 9.87. The number of carboxylic acids is 1. The number of benzene rings is 2. The Labute approximate surface area is 110 Å². The van der Waals surface area contributed by atoms with Gasteiger partial charge in [-0.25, -0.2) is 0 Å². The van der Waals surface area contributed by atoms with Crippen molar-refractivity contribution < 1.29 is 9.90 Å². The molecule has 1 saturated carbocycles. The van der Waals surface area contributed by atoms with Crippen molar-refractivity contribution in [2.45, 2.75) is 23.0 Å². The second-order valence-corrected chi connectivity index (χ2v) is 6.00. The highest BCUT2D eigenvalue weighted by molar-refractivity contribution is 8.00. The van der Waals surface area contributed by atoms with Gasteiger partial charge in [-0.2, -0.15) is 0 Å². The fraction of sp³-hybridized carbons (Fsp3) is 0.267. The summed E-state index contributed by atoms with van der Waals surface area (Å²) in [6.45, 7) is 0. The fourth-order valence-electron chi connectivity index (χ4n) is 2.31. The van der Waals surface area contributed by atoms with Crippen molar-refractivity contribution in [2.75, 3.05) is 0 Å². The summed E-state index contributed by atoms with van der Waals surface area (Å²) in [5, 5.41) is 11.7. The molecule has 1 fully saturated rings. The van der Waals surface area contributed by atoms with Gasteiger partial charge in [0, 0.05) is 10.1 Å². The Hall–Kier alpha value is -1.48. The molecular formula is C15H14O2S. The van der Waals surface area contributed by atoms with Gasteiger partial charge in [0.25, 0.3) is 0 Å². The van der Waals surface area contributed by atoms with E-state index in [-0.39, 0.29) is 11.2 Å². The van der Waals surface area contributed by atoms with E-state index >= 15 is 0 Å². The number of carboxylic acid groups (broad SMARTS) is 1. The average molecular weight is 258 g/mol. The van der Waals surface area contributed by atoms with Crippen LogP contribution in [0.2, 0.25) is 0 Å². The Kier molecular flexibility index (Phi) is 3.00. The van der Waals surface area contributed by atoms with Crippen molar-refractivity contribution in [3.05, 3.63) is 42.5 Å². The lowest BCUT2D eigenvalue weighted by atomic mass is 9.85. The monoisotopic (exact) mass is 258 g/mol. The van der Waals surface area contributed by atoms with Gasteiger partial charge in [0.1, 0.15) is 0 Å². The van der Waals surface area contributed by atoms with Gasteiger partial charge in [0.05, 0.1) is 5.92 Å². The van der Waals surface area contributed by atoms with E-state index in [1.807, 2.05) is 12.1 Å². The lowest BCUT2D eigenvalue weighted by Crippen LogP contribution is -2.35. The van der Waals surface area contributed by atoms with Crippen molar-refractivity contribution in [2.24, 2.45) is 5.92 Å². The second kappa shape index (κ2) is 4.65. The highest BCUT2D eigenvalue weighted by Gasteiger charge is 2.37. The molecule has 2 aromatic carbocycles. The van der Waals surface area contributed by atoms with Crippen LogP contribution < -0.4 is 0 Å². The van der Waals surface area contributed by atoms with E-state index in [1.165, 1.54) is 15.7 Å². The summed E-state index contributed by atoms with van der Waals surface area (Å²) < 4.78 is 0. The van der Waals surface area contributed by atoms with Gasteiger partial charge in [0.2, 0.25) is 0 Å². The first-order chi connectivity index (χ1) is 8.74. The molecule has 0 heterocycles. The summed E-state index contributed by atoms with van der Waals surface area (Å²) >= 11 is 1.70. The fourth-order valence-corrected chi connectivity index (χ4v) is 3.67. The van der Waals surface area contributed by atoms with E-state index in [1.54, 1.807) is 11.8 Å². The van der Waals surface area contributed by atoms with E-state index in [2.05, 4.69) is 30.3 Å². The smallest absolute Gasteiger partial charge is 0.307 e. The van der Waals surface area contributed by atoms with Gasteiger partial charge in [0.15, 0.2) is 0 Å². The number of carbonyl (C=O) groups is 1. The highest BCUT2D eigenvalue weighted by atomic mass is 32.2. The van der Waals surface area contributed by atoms with E-state index in [9.17, 15) is 4.79 Å². The SMILES string of the molecule is O=C(O)C1CCC1Sc1ccc2ccccc2c1. The van der Waals surface area contributed by atoms with Crippen molar-refractivity contribution in [3.8, 4) is 0 Å². The van der Waals surface area contributed by atoms with Gasteiger partial charge < -0.3 is 5.11 Å². The van der Waals surface area contributed by atoms with E-state index < -0.39 is 5.97 Å². The Bertz CT molecular complexity index is 594. The molecule has 3 heteroatoms. The summed E-state index contributed by atoms with van der Waals surface area (Å²) in [5.41, 5.74) is 0. The number of hydrogen-bond donors (Lipinski definition) is 1. The Morgan fingerprint density at radius 3 is 2.56 bits per heavy atom. The first kappa shape index (κ1) is 11.6. The van der Waals surface area contributed by atoms with Crippen LogP contribution >= 0.6 is 11.8 Å². The van der Waals surface area contributed by atoms with E-state index in [0.29, 0.717) is 0 Å². The third-order valence-electron chi connectivity index (χ3n) is 3.54. The maximum Gasteiger partial charge on any atom is 0.307 e. The quantitative estimate of drug-likeness (QED) is 0.910. The minimum absolute atomic E-state index is 0.165. The molecule has 0 radical (unpaired) electrons. The molecule has 0 aromatic heterocycles. The third-order valence-corrected chi connectivity index (χ3v) is 4.93. The van der Waals surface area contributed by atoms with Gasteiger partial charge in [-0.05, 0) is 35.7 Å². The van der Waals surface area contributed by atoms with Crippen LogP contribution in [0.1, 0.15) is 12.8 Å². The Morgan fingerprint density at radius 2 is 1.89 bits per heavy atom. The maximum atomic E-state index is 11.0. The maximum absolute atomic E-state index is 11.0. The normalized spacial score (nSPS) is 22.7. The topological polar surface area (TPSA) is 37.3 Å². The van der Waals surface area contributed by atoms with E-state index in [0.717, 1.165) is 12.8 Å². The summed E-state index contributed by atoms with van der Waals surface area (Å²) in [5.74, 6) is -0.819. The molecule has 0 bridgehead atoms. The van der Waals surface area contributed by atoms with Gasteiger partial charge >= 0.3 is 5.97 Å². The molecule has 18 heavy (non-hydrogen) atoms. The molecule has 1 aliphatic rings. The first-order valence-corrected chi connectivity index (χ1v) is 7.00. The standard InChI is InChI=1S/C15H14O2S/c16-15(17)13-7-8-14(13)18-12-6-5-10-3-1-2-4-11(10)9-12/h1-6,9,13-14H,7-8H2,(H,16,17). The lowest BCUT2D eigenvalue weighted by Gasteiger charge is -2.32. The molecule has 2 unspecified atom stereocenters. The Balaban J connectivity index is 1.81. The van der Waals surface area contributed by atoms with Crippen molar-refractivity contribution in [3.63, 3.8) is 0 Å². The number of thioether (sulfide) groups is 1. The molecule has 2 aromatic rings. The van der Waals surface area contributed by atoms with Crippen LogP contribution in [0.25, 0.3) is 10.8 Å². The predicted molar refractivity (Wildman–Crippen MR) is 74.0 cm³/mol. The van der Waals surface area contributed by atoms with Crippen LogP contribution in [0.4, 0.5) is 0 Å². The number of rotatable bonds is 3. The second-order valence-electron chi connectivity index (χ2n) is 4.69. The molecule has 2 nitrogen and oxygen atoms in total. The summed E-state index contributed by atoms with van der Waals surface area (Å²) in [7, 11) is 0. The lowest BCUT2D eigenvalue weighted by molar-refractivity contribution is -0.144. The minimum atomic E-state index is -0.653. The van der Waals surface area contributed by atoms with Crippen LogP contribution in [0.3, 0.4) is 0 Å². The summed E-state index contributed by atoms with van der Waals surface area (Å²) in [6.07, 6.45) is 1.83. The zero-order chi connectivity index (χ0) is 12.5. The molecule has 0 saturated heterocycles. The van der Waals surface area contributed by atoms with Crippen LogP contribution in [-0.2, 0) is 4.79 Å².